The zero-order valence-electron chi connectivity index (χ0n) is 73.0. The van der Waals surface area contributed by atoms with Gasteiger partial charge in [-0.05, 0) is 130 Å². The molecule has 12 aromatic rings. The summed E-state index contributed by atoms with van der Waals surface area (Å²) in [6, 6.07) is 29.2. The lowest BCUT2D eigenvalue weighted by atomic mass is 10.1. The van der Waals surface area contributed by atoms with Gasteiger partial charge in [-0.15, -0.1) is 20.4 Å². The molecule has 8 aliphatic heterocycles. The van der Waals surface area contributed by atoms with Crippen LogP contribution >= 0.6 is 0 Å². The lowest BCUT2D eigenvalue weighted by Crippen LogP contribution is -2.40. The number of aliphatic hydroxyl groups excluding tert-OH is 1. The van der Waals surface area contributed by atoms with E-state index in [1.807, 2.05) is 45.0 Å². The van der Waals surface area contributed by atoms with Crippen LogP contribution in [0.2, 0.25) is 0 Å². The van der Waals surface area contributed by atoms with E-state index < -0.39 is 41.3 Å². The summed E-state index contributed by atoms with van der Waals surface area (Å²) in [5.41, 5.74) is 40.0. The van der Waals surface area contributed by atoms with E-state index in [9.17, 15) is 27.9 Å². The van der Waals surface area contributed by atoms with Crippen LogP contribution in [0, 0.1) is 17.5 Å². The predicted molar refractivity (Wildman–Crippen MR) is 492 cm³/mol. The van der Waals surface area contributed by atoms with Gasteiger partial charge >= 0.3 is 0 Å². The molecule has 0 spiro atoms. The van der Waals surface area contributed by atoms with Crippen molar-refractivity contribution in [2.45, 2.75) is 82.5 Å². The first kappa shape index (κ1) is 90.2. The zero-order chi connectivity index (χ0) is 91.9. The van der Waals surface area contributed by atoms with Gasteiger partial charge in [0.25, 0.3) is 0 Å². The summed E-state index contributed by atoms with van der Waals surface area (Å²) in [7, 11) is 0. The van der Waals surface area contributed by atoms with E-state index in [-0.39, 0.29) is 71.3 Å². The molecule has 0 aliphatic carbocycles. The number of benzene rings is 4. The molecule has 48 heteroatoms. The number of amides is 2. The number of nitrogen functional groups attached to an aromatic ring is 4. The highest BCUT2D eigenvalue weighted by Gasteiger charge is 2.34. The molecule has 8 aromatic heterocycles. The van der Waals surface area contributed by atoms with Gasteiger partial charge in [0.1, 0.15) is 66.0 Å². The van der Waals surface area contributed by atoms with Crippen molar-refractivity contribution >= 4 is 123 Å². The fourth-order valence-corrected chi connectivity index (χ4v) is 16.9. The molecule has 8 fully saturated rings. The van der Waals surface area contributed by atoms with Crippen molar-refractivity contribution in [3.8, 4) is 23.3 Å². The Morgan fingerprint density at radius 1 is 0.391 bits per heavy atom. The van der Waals surface area contributed by atoms with Crippen molar-refractivity contribution in [3.05, 3.63) is 151 Å². The number of aromatic nitrogens is 20. The first-order chi connectivity index (χ1) is 64.8. The Morgan fingerprint density at radius 2 is 0.797 bits per heavy atom. The third kappa shape index (κ3) is 22.0. The molecule has 20 rings (SSSR count). The van der Waals surface area contributed by atoms with Crippen LogP contribution < -0.4 is 90.0 Å². The smallest absolute Gasteiger partial charge is 0.248 e. The van der Waals surface area contributed by atoms with Crippen molar-refractivity contribution in [1.29, 1.82) is 0 Å². The van der Waals surface area contributed by atoms with Gasteiger partial charge in [-0.2, -0.15) is 43.6 Å². The van der Waals surface area contributed by atoms with Gasteiger partial charge in [0.2, 0.25) is 65.3 Å². The second kappa shape index (κ2) is 42.0. The molecular formula is C85H105F3N38O7. The number of anilines is 19. The Balaban J connectivity index is 0.000000124. The van der Waals surface area contributed by atoms with E-state index in [1.165, 1.54) is 76.1 Å². The van der Waals surface area contributed by atoms with Gasteiger partial charge in [0.15, 0.2) is 23.3 Å². The summed E-state index contributed by atoms with van der Waals surface area (Å²) in [5, 5.41) is 38.9. The molecule has 0 radical (unpaired) electrons. The molecule has 2 amide bonds. The number of carbonyl (C=O) groups is 2. The molecule has 0 saturated carbocycles. The Hall–Kier alpha value is -14.8. The number of rotatable bonds is 24. The number of primary amides is 2. The molecule has 16 heterocycles. The number of piperidine rings is 1. The number of hydrogen-bond acceptors (Lipinski definition) is 39. The molecular weight excluding hydrogens is 1720 g/mol. The van der Waals surface area contributed by atoms with Gasteiger partial charge in [-0.25, -0.2) is 48.1 Å². The topological polar surface area (TPSA) is 547 Å². The minimum absolute atomic E-state index is 0.0100. The van der Waals surface area contributed by atoms with Crippen molar-refractivity contribution in [2.75, 3.05) is 223 Å². The van der Waals surface area contributed by atoms with Crippen LogP contribution in [-0.4, -0.2) is 283 Å². The molecule has 8 saturated heterocycles. The minimum atomic E-state index is -0.443. The summed E-state index contributed by atoms with van der Waals surface area (Å²) < 4.78 is 72.0. The summed E-state index contributed by atoms with van der Waals surface area (Å²) in [5.74, 6) is 3.43. The van der Waals surface area contributed by atoms with E-state index in [1.54, 1.807) is 53.3 Å². The second-order valence-electron chi connectivity index (χ2n) is 32.3. The average Bonchev–Trinajstić information content (AvgIpc) is 1.68. The normalized spacial score (nSPS) is 18.2. The van der Waals surface area contributed by atoms with Crippen LogP contribution in [0.25, 0.3) is 23.3 Å². The maximum Gasteiger partial charge on any atom is 0.248 e. The number of aliphatic hydroxyl groups is 1. The fourth-order valence-electron chi connectivity index (χ4n) is 16.9. The number of carbonyl (C=O) groups excluding carboxylic acids is 2. The van der Waals surface area contributed by atoms with Crippen LogP contribution in [0.1, 0.15) is 63.4 Å². The standard InChI is InChI=1S/C22H29N9O.2C21H25FN10O2.C21H26FN9O2/c23-20-27-21(25-18-6-4-17(5-7-18)16-29-12-14-32-15-13-29)28-31(20)19-8-9-24-22(26-19)30-10-2-1-3-11-30;2*22-14-10-13(30-6-8-34-9-7-30)3-4-15(14)27-21-28-20(24)29-32(21)18-11-17(25-12-26-18)31-5-1-2-16(31)19(23)33;22-16-10-14(29-6-8-33-9-7-29)3-4-17(16)26-21-27-20(23)28-31(21)19-11-18(24-13-25-19)30-5-1-2-15(30)12-32/h4-9H,1-3,10-16H2,(H3,23,25,27,28);2*3-4,10-12,16H,1-2,5-9H2,(H2,23,33)(H3,24,27,28,29);3-4,10-11,13,15,32H,1-2,5-9,12H2,(H3,23,26,27,28)/t;2*16-;15-/m.101/s1. The zero-order valence-corrected chi connectivity index (χ0v) is 73.0. The highest BCUT2D eigenvalue weighted by molar-refractivity contribution is 5.85. The van der Waals surface area contributed by atoms with Gasteiger partial charge in [0.05, 0.1) is 82.6 Å². The van der Waals surface area contributed by atoms with Gasteiger partial charge in [-0.3, -0.25) is 14.5 Å². The first-order valence-electron chi connectivity index (χ1n) is 44.1. The van der Waals surface area contributed by atoms with Gasteiger partial charge in [0, 0.05) is 145 Å². The largest absolute Gasteiger partial charge is 0.394 e. The number of morpholine rings is 4. The second-order valence-corrected chi connectivity index (χ2v) is 32.3. The van der Waals surface area contributed by atoms with Crippen molar-refractivity contribution in [1.82, 2.24) is 104 Å². The fraction of sp³-hybridized carbons (Fsp3) is 0.412. The Kier molecular flexibility index (Phi) is 28.5. The van der Waals surface area contributed by atoms with Crippen molar-refractivity contribution in [2.24, 2.45) is 11.5 Å². The Labute approximate surface area is 761 Å². The molecule has 133 heavy (non-hydrogen) atoms. The van der Waals surface area contributed by atoms with E-state index in [0.29, 0.717) is 144 Å². The van der Waals surface area contributed by atoms with Crippen LogP contribution in [0.3, 0.4) is 0 Å². The molecule has 4 aromatic carbocycles. The predicted octanol–water partition coefficient (Wildman–Crippen LogP) is 5.15. The lowest BCUT2D eigenvalue weighted by Gasteiger charge is -2.29. The van der Waals surface area contributed by atoms with Crippen LogP contribution in [0.5, 0.6) is 0 Å². The summed E-state index contributed by atoms with van der Waals surface area (Å²) in [6.07, 6.45) is 14.4. The maximum atomic E-state index is 14.9. The molecule has 3 atom stereocenters. The van der Waals surface area contributed by atoms with Crippen LogP contribution in [0.15, 0.2) is 128 Å². The summed E-state index contributed by atoms with van der Waals surface area (Å²) in [4.78, 5) is 91.9. The van der Waals surface area contributed by atoms with E-state index in [2.05, 4.69) is 138 Å². The van der Waals surface area contributed by atoms with E-state index in [0.717, 1.165) is 114 Å². The highest BCUT2D eigenvalue weighted by atomic mass is 19.1. The van der Waals surface area contributed by atoms with Gasteiger partial charge in [-0.1, -0.05) is 12.1 Å². The summed E-state index contributed by atoms with van der Waals surface area (Å²) in [6.45, 7) is 16.6. The van der Waals surface area contributed by atoms with Crippen molar-refractivity contribution < 1.29 is 46.8 Å². The molecule has 8 aliphatic rings. The van der Waals surface area contributed by atoms with E-state index in [4.69, 9.17) is 53.3 Å². The molecule has 17 N–H and O–H groups in total. The number of ether oxygens (including phenoxy) is 4. The SMILES string of the molecule is NC(=O)[C@@H]1CCCN1c1cc(-n2nc(N)nc2Nc2ccc(N3CCOCC3)cc2F)ncn1.NC(=O)[C@H]1CCCN1c1cc(-n2nc(N)nc2Nc2ccc(N3CCOCC3)cc2F)ncn1.Nc1nc(Nc2ccc(CN3CCOCC3)cc2)nn1-c1ccnc(N2CCCCC2)n1.Nc1nc(Nc2ccc(N3CCOCC3)cc2F)n(-c2cc(N3CCC[C@@H]3CO)ncn2)n1. The summed E-state index contributed by atoms with van der Waals surface area (Å²) >= 11 is 0. The molecule has 0 bridgehead atoms. The monoisotopic (exact) mass is 1830 g/mol. The number of nitrogens with zero attached hydrogens (tertiary/aromatic N) is 28. The molecule has 45 nitrogen and oxygen atoms in total. The van der Waals surface area contributed by atoms with Crippen LogP contribution in [0.4, 0.5) is 124 Å². The number of hydrogen-bond donors (Lipinski definition) is 11. The van der Waals surface area contributed by atoms with E-state index >= 15 is 0 Å². The number of halogens is 3. The number of nitrogens with two attached hydrogens (primary N) is 6. The third-order valence-electron chi connectivity index (χ3n) is 23.6. The Bertz CT molecular complexity index is 5780. The third-order valence-corrected chi connectivity index (χ3v) is 23.6. The maximum absolute atomic E-state index is 14.9. The van der Waals surface area contributed by atoms with Crippen molar-refractivity contribution in [3.63, 3.8) is 0 Å². The highest BCUT2D eigenvalue weighted by Crippen LogP contribution is 2.35. The Morgan fingerprint density at radius 3 is 1.22 bits per heavy atom. The van der Waals surface area contributed by atoms with Gasteiger partial charge < -0.3 is 114 Å². The molecule has 0 unspecified atom stereocenters. The average molecular weight is 1830 g/mol. The lowest BCUT2D eigenvalue weighted by molar-refractivity contribution is -0.119. The molecule has 698 valence electrons. The number of nitrogens with one attached hydrogen (secondary N) is 4. The first-order valence-corrected chi connectivity index (χ1v) is 44.1. The quantitative estimate of drug-likeness (QED) is 0.0372. The van der Waals surface area contributed by atoms with Crippen LogP contribution in [-0.2, 0) is 35.1 Å². The minimum Gasteiger partial charge on any atom is -0.394 e.